The first-order valence-corrected chi connectivity index (χ1v) is 7.96. The third-order valence-corrected chi connectivity index (χ3v) is 4.76. The van der Waals surface area contributed by atoms with E-state index in [1.54, 1.807) is 0 Å². The average Bonchev–Trinajstić information content (AvgIpc) is 3.04. The Morgan fingerprint density at radius 1 is 1.00 bits per heavy atom. The molecule has 0 N–H and O–H groups in total. The van der Waals surface area contributed by atoms with Crippen molar-refractivity contribution in [3.05, 3.63) is 59.7 Å². The van der Waals surface area contributed by atoms with E-state index in [9.17, 15) is 0 Å². The second-order valence-electron chi connectivity index (χ2n) is 6.04. The zero-order chi connectivity index (χ0) is 14.1. The fourth-order valence-corrected chi connectivity index (χ4v) is 3.74. The number of fused-ring (bicyclic) bond motifs is 1. The Morgan fingerprint density at radius 2 is 1.90 bits per heavy atom. The summed E-state index contributed by atoms with van der Waals surface area (Å²) in [4.78, 5) is 2.53. The van der Waals surface area contributed by atoms with Crippen molar-refractivity contribution in [3.63, 3.8) is 0 Å². The molecule has 0 spiro atoms. The number of piperidine rings is 1. The van der Waals surface area contributed by atoms with Gasteiger partial charge in [-0.05, 0) is 36.6 Å². The van der Waals surface area contributed by atoms with E-state index >= 15 is 0 Å². The summed E-state index contributed by atoms with van der Waals surface area (Å²) in [6.07, 6.45) is 3.64. The van der Waals surface area contributed by atoms with Gasteiger partial charge in [0.25, 0.3) is 0 Å². The molecule has 0 radical (unpaired) electrons. The van der Waals surface area contributed by atoms with Gasteiger partial charge in [-0.2, -0.15) is 0 Å². The SMILES string of the molecule is c1ccc(N2CCCC(c3cccc4c3CCO4)C2)cc1. The molecule has 2 aliphatic rings. The van der Waals surface area contributed by atoms with Crippen LogP contribution in [-0.4, -0.2) is 19.7 Å². The predicted molar refractivity (Wildman–Crippen MR) is 86.3 cm³/mol. The minimum Gasteiger partial charge on any atom is -0.493 e. The number of hydrogen-bond acceptors (Lipinski definition) is 2. The maximum Gasteiger partial charge on any atom is 0.122 e. The lowest BCUT2D eigenvalue weighted by atomic mass is 9.86. The van der Waals surface area contributed by atoms with Crippen molar-refractivity contribution in [1.82, 2.24) is 0 Å². The fourth-order valence-electron chi connectivity index (χ4n) is 3.74. The first-order valence-electron chi connectivity index (χ1n) is 7.96. The van der Waals surface area contributed by atoms with Crippen molar-refractivity contribution in [2.45, 2.75) is 25.2 Å². The second-order valence-corrected chi connectivity index (χ2v) is 6.04. The minimum atomic E-state index is 0.635. The molecule has 21 heavy (non-hydrogen) atoms. The summed E-state index contributed by atoms with van der Waals surface area (Å²) in [7, 11) is 0. The Kier molecular flexibility index (Phi) is 3.30. The predicted octanol–water partition coefficient (Wildman–Crippen LogP) is 4.01. The molecular weight excluding hydrogens is 258 g/mol. The third-order valence-electron chi connectivity index (χ3n) is 4.76. The van der Waals surface area contributed by atoms with Gasteiger partial charge in [0, 0.05) is 36.7 Å². The molecule has 1 unspecified atom stereocenters. The van der Waals surface area contributed by atoms with Gasteiger partial charge in [0.15, 0.2) is 0 Å². The van der Waals surface area contributed by atoms with Gasteiger partial charge < -0.3 is 9.64 Å². The molecule has 2 aromatic rings. The first-order chi connectivity index (χ1) is 10.4. The molecule has 1 fully saturated rings. The van der Waals surface area contributed by atoms with Crippen molar-refractivity contribution >= 4 is 5.69 Å². The summed E-state index contributed by atoms with van der Waals surface area (Å²) >= 11 is 0. The van der Waals surface area contributed by atoms with Crippen molar-refractivity contribution in [2.24, 2.45) is 0 Å². The quantitative estimate of drug-likeness (QED) is 0.823. The smallest absolute Gasteiger partial charge is 0.122 e. The van der Waals surface area contributed by atoms with Crippen LogP contribution in [0, 0.1) is 0 Å². The molecule has 2 heteroatoms. The molecule has 0 amide bonds. The number of ether oxygens (including phenoxy) is 1. The molecular formula is C19H21NO. The summed E-state index contributed by atoms with van der Waals surface area (Å²) < 4.78 is 5.73. The topological polar surface area (TPSA) is 12.5 Å². The summed E-state index contributed by atoms with van der Waals surface area (Å²) in [6.45, 7) is 3.15. The van der Waals surface area contributed by atoms with Crippen LogP contribution in [0.5, 0.6) is 5.75 Å². The largest absolute Gasteiger partial charge is 0.493 e. The molecule has 2 aromatic carbocycles. The van der Waals surface area contributed by atoms with Gasteiger partial charge in [-0.3, -0.25) is 0 Å². The Balaban J connectivity index is 1.60. The van der Waals surface area contributed by atoms with E-state index in [0.717, 1.165) is 25.3 Å². The number of rotatable bonds is 2. The van der Waals surface area contributed by atoms with Crippen LogP contribution in [0.4, 0.5) is 5.69 Å². The van der Waals surface area contributed by atoms with E-state index in [2.05, 4.69) is 53.4 Å². The second kappa shape index (κ2) is 5.44. The maximum absolute atomic E-state index is 5.73. The lowest BCUT2D eigenvalue weighted by Gasteiger charge is -2.35. The molecule has 108 valence electrons. The highest BCUT2D eigenvalue weighted by Crippen LogP contribution is 2.37. The highest BCUT2D eigenvalue weighted by molar-refractivity contribution is 5.49. The van der Waals surface area contributed by atoms with Crippen LogP contribution in [0.2, 0.25) is 0 Å². The Hall–Kier alpha value is -1.96. The van der Waals surface area contributed by atoms with Crippen molar-refractivity contribution in [1.29, 1.82) is 0 Å². The lowest BCUT2D eigenvalue weighted by molar-refractivity contribution is 0.357. The molecule has 1 saturated heterocycles. The summed E-state index contributed by atoms with van der Waals surface area (Å²) in [5, 5.41) is 0. The Bertz CT molecular complexity index is 623. The number of para-hydroxylation sites is 1. The van der Waals surface area contributed by atoms with E-state index in [-0.39, 0.29) is 0 Å². The zero-order valence-electron chi connectivity index (χ0n) is 12.3. The summed E-state index contributed by atoms with van der Waals surface area (Å²) in [5.74, 6) is 1.75. The van der Waals surface area contributed by atoms with Crippen LogP contribution in [0.25, 0.3) is 0 Å². The molecule has 2 nitrogen and oxygen atoms in total. The van der Waals surface area contributed by atoms with Gasteiger partial charge >= 0.3 is 0 Å². The van der Waals surface area contributed by atoms with Crippen molar-refractivity contribution in [2.75, 3.05) is 24.6 Å². The van der Waals surface area contributed by atoms with E-state index in [1.807, 2.05) is 0 Å². The van der Waals surface area contributed by atoms with Crippen LogP contribution in [0.15, 0.2) is 48.5 Å². The van der Waals surface area contributed by atoms with E-state index in [1.165, 1.54) is 36.2 Å². The molecule has 4 rings (SSSR count). The minimum absolute atomic E-state index is 0.635. The van der Waals surface area contributed by atoms with Crippen molar-refractivity contribution in [3.8, 4) is 5.75 Å². The monoisotopic (exact) mass is 279 g/mol. The standard InChI is InChI=1S/C19H21NO/c1-2-7-16(8-3-1)20-12-5-6-15(14-20)17-9-4-10-19-18(17)11-13-21-19/h1-4,7-10,15H,5-6,11-14H2. The first kappa shape index (κ1) is 12.8. The lowest BCUT2D eigenvalue weighted by Crippen LogP contribution is -2.34. The molecule has 0 aromatic heterocycles. The number of hydrogen-bond donors (Lipinski definition) is 0. The molecule has 0 bridgehead atoms. The van der Waals surface area contributed by atoms with Gasteiger partial charge in [-0.1, -0.05) is 30.3 Å². The molecule has 0 aliphatic carbocycles. The average molecular weight is 279 g/mol. The molecule has 2 heterocycles. The van der Waals surface area contributed by atoms with Crippen LogP contribution in [0.3, 0.4) is 0 Å². The highest BCUT2D eigenvalue weighted by Gasteiger charge is 2.26. The number of anilines is 1. The zero-order valence-corrected chi connectivity index (χ0v) is 12.3. The molecule has 0 saturated carbocycles. The van der Waals surface area contributed by atoms with Gasteiger partial charge in [-0.15, -0.1) is 0 Å². The van der Waals surface area contributed by atoms with E-state index in [4.69, 9.17) is 4.74 Å². The van der Waals surface area contributed by atoms with Gasteiger partial charge in [0.2, 0.25) is 0 Å². The number of nitrogens with zero attached hydrogens (tertiary/aromatic N) is 1. The maximum atomic E-state index is 5.73. The molecule has 2 aliphatic heterocycles. The van der Waals surface area contributed by atoms with Gasteiger partial charge in [0.05, 0.1) is 6.61 Å². The van der Waals surface area contributed by atoms with E-state index < -0.39 is 0 Å². The number of benzene rings is 2. The van der Waals surface area contributed by atoms with Crippen LogP contribution in [-0.2, 0) is 6.42 Å². The summed E-state index contributed by atoms with van der Waals surface area (Å²) in [6, 6.07) is 17.4. The van der Waals surface area contributed by atoms with Crippen LogP contribution < -0.4 is 9.64 Å². The summed E-state index contributed by atoms with van der Waals surface area (Å²) in [5.41, 5.74) is 4.33. The molecule has 1 atom stereocenters. The van der Waals surface area contributed by atoms with E-state index in [0.29, 0.717) is 5.92 Å². The third kappa shape index (κ3) is 2.39. The fraction of sp³-hybridized carbons (Fsp3) is 0.368. The Labute approximate surface area is 126 Å². The van der Waals surface area contributed by atoms with Gasteiger partial charge in [-0.25, -0.2) is 0 Å². The van der Waals surface area contributed by atoms with Crippen LogP contribution in [0.1, 0.15) is 29.9 Å². The van der Waals surface area contributed by atoms with Crippen molar-refractivity contribution < 1.29 is 4.74 Å². The van der Waals surface area contributed by atoms with Crippen LogP contribution >= 0.6 is 0 Å². The highest BCUT2D eigenvalue weighted by atomic mass is 16.5. The normalized spacial score (nSPS) is 21.0. The van der Waals surface area contributed by atoms with Gasteiger partial charge in [0.1, 0.15) is 5.75 Å². The Morgan fingerprint density at radius 3 is 2.81 bits per heavy atom.